The van der Waals surface area contributed by atoms with E-state index >= 15 is 0 Å². The van der Waals surface area contributed by atoms with Crippen LogP contribution in [-0.4, -0.2) is 40.4 Å². The molecule has 0 saturated carbocycles. The normalized spacial score (nSPS) is 11.1. The van der Waals surface area contributed by atoms with Crippen molar-refractivity contribution in [2.45, 2.75) is 6.42 Å². The number of hydrogen-bond donors (Lipinski definition) is 1. The Kier molecular flexibility index (Phi) is 8.29. The van der Waals surface area contributed by atoms with Gasteiger partial charge in [-0.2, -0.15) is 0 Å². The number of anilines is 1. The Morgan fingerprint density at radius 3 is 2.09 bits per heavy atom. The fraction of sp³-hybridized carbons (Fsp3) is 0.185. The number of methoxy groups -OCH3 is 4. The lowest BCUT2D eigenvalue weighted by Gasteiger charge is -2.12. The molecule has 3 aromatic rings. The van der Waals surface area contributed by atoms with Crippen molar-refractivity contribution in [3.05, 3.63) is 71.3 Å². The first kappa shape index (κ1) is 24.4. The van der Waals surface area contributed by atoms with Crippen LogP contribution in [0.3, 0.4) is 0 Å². The van der Waals surface area contributed by atoms with Gasteiger partial charge in [0.1, 0.15) is 11.4 Å². The highest BCUT2D eigenvalue weighted by Gasteiger charge is 2.12. The molecule has 0 spiro atoms. The van der Waals surface area contributed by atoms with Gasteiger partial charge in [0.05, 0.1) is 28.4 Å². The molecule has 2 N–H and O–H groups in total. The summed E-state index contributed by atoms with van der Waals surface area (Å²) in [5, 5.41) is 0. The van der Waals surface area contributed by atoms with Crippen LogP contribution in [0, 0.1) is 0 Å². The molecule has 7 heteroatoms. The molecule has 34 heavy (non-hydrogen) atoms. The Morgan fingerprint density at radius 2 is 1.47 bits per heavy atom. The minimum absolute atomic E-state index is 0.0979. The number of ketones is 1. The summed E-state index contributed by atoms with van der Waals surface area (Å²) in [5.41, 5.74) is 9.23. The minimum Gasteiger partial charge on any atom is -0.494 e. The summed E-state index contributed by atoms with van der Waals surface area (Å²) in [6.45, 7) is 0. The standard InChI is InChI=1S/C27H28N2O5/c1-31-24-12-11-18(9-10-19-16-25(32-2)27(34-4)26(17-19)33-3)15-22(24)29-14-13-23(30)20-7-5-6-8-21(20)28/h5-12,14-17H,13,28H2,1-4H3/b10-9-,29-14?. The van der Waals surface area contributed by atoms with Crippen LogP contribution in [0.25, 0.3) is 12.2 Å². The van der Waals surface area contributed by atoms with E-state index in [0.29, 0.717) is 39.9 Å². The van der Waals surface area contributed by atoms with Crippen LogP contribution in [0.4, 0.5) is 11.4 Å². The van der Waals surface area contributed by atoms with Crippen LogP contribution in [0.1, 0.15) is 27.9 Å². The first-order valence-corrected chi connectivity index (χ1v) is 10.6. The maximum atomic E-state index is 12.4. The first-order valence-electron chi connectivity index (χ1n) is 10.6. The maximum Gasteiger partial charge on any atom is 0.203 e. The smallest absolute Gasteiger partial charge is 0.203 e. The first-order chi connectivity index (χ1) is 16.5. The van der Waals surface area contributed by atoms with Crippen LogP contribution in [0.5, 0.6) is 23.0 Å². The predicted octanol–water partition coefficient (Wildman–Crippen LogP) is 5.45. The van der Waals surface area contributed by atoms with Gasteiger partial charge in [0, 0.05) is 23.9 Å². The summed E-state index contributed by atoms with van der Waals surface area (Å²) in [6.07, 6.45) is 5.57. The summed E-state index contributed by atoms with van der Waals surface area (Å²) >= 11 is 0. The van der Waals surface area contributed by atoms with Crippen molar-refractivity contribution >= 4 is 35.5 Å². The molecule has 3 aromatic carbocycles. The molecule has 3 rings (SSSR count). The highest BCUT2D eigenvalue weighted by atomic mass is 16.5. The second-order valence-electron chi connectivity index (χ2n) is 7.25. The van der Waals surface area contributed by atoms with E-state index in [0.717, 1.165) is 11.1 Å². The minimum atomic E-state index is -0.0979. The average molecular weight is 461 g/mol. The largest absolute Gasteiger partial charge is 0.494 e. The number of ether oxygens (including phenoxy) is 4. The van der Waals surface area contributed by atoms with E-state index in [1.165, 1.54) is 0 Å². The Bertz CT molecular complexity index is 1190. The fourth-order valence-corrected chi connectivity index (χ4v) is 3.39. The zero-order chi connectivity index (χ0) is 24.5. The Hall–Kier alpha value is -4.26. The van der Waals surface area contributed by atoms with Crippen LogP contribution < -0.4 is 24.7 Å². The number of Topliss-reactive ketones (excluding diaryl/α,β-unsaturated/α-hetero) is 1. The van der Waals surface area contributed by atoms with E-state index in [4.69, 9.17) is 24.7 Å². The zero-order valence-electron chi connectivity index (χ0n) is 19.7. The SMILES string of the molecule is COc1ccc(/C=C\c2cc(OC)c(OC)c(OC)c2)cc1N=CCC(=O)c1ccccc1N. The van der Waals surface area contributed by atoms with E-state index in [2.05, 4.69) is 4.99 Å². The lowest BCUT2D eigenvalue weighted by molar-refractivity contribution is 0.100. The number of carbonyl (C=O) groups excluding carboxylic acids is 1. The topological polar surface area (TPSA) is 92.4 Å². The summed E-state index contributed by atoms with van der Waals surface area (Å²) in [7, 11) is 6.30. The number of benzene rings is 3. The van der Waals surface area contributed by atoms with Gasteiger partial charge in [0.15, 0.2) is 17.3 Å². The molecule has 176 valence electrons. The van der Waals surface area contributed by atoms with Crippen molar-refractivity contribution in [1.82, 2.24) is 0 Å². The second kappa shape index (κ2) is 11.6. The van der Waals surface area contributed by atoms with Gasteiger partial charge in [-0.05, 0) is 47.5 Å². The molecular formula is C27H28N2O5. The summed E-state index contributed by atoms with van der Waals surface area (Å²) in [6, 6.07) is 16.3. The predicted molar refractivity (Wildman–Crippen MR) is 136 cm³/mol. The molecule has 0 aliphatic rings. The van der Waals surface area contributed by atoms with Crippen molar-refractivity contribution in [1.29, 1.82) is 0 Å². The Labute approximate surface area is 199 Å². The number of nitrogens with two attached hydrogens (primary N) is 1. The number of aliphatic imine (C=N–C) groups is 1. The van der Waals surface area contributed by atoms with Crippen molar-refractivity contribution in [3.63, 3.8) is 0 Å². The van der Waals surface area contributed by atoms with Gasteiger partial charge in [0.25, 0.3) is 0 Å². The maximum absolute atomic E-state index is 12.4. The molecule has 0 aliphatic carbocycles. The number of nitrogens with zero attached hydrogens (tertiary/aromatic N) is 1. The number of rotatable bonds is 10. The Morgan fingerprint density at radius 1 is 0.824 bits per heavy atom. The van der Waals surface area contributed by atoms with Crippen molar-refractivity contribution in [2.75, 3.05) is 34.2 Å². The van der Waals surface area contributed by atoms with Crippen molar-refractivity contribution < 1.29 is 23.7 Å². The number of hydrogen-bond acceptors (Lipinski definition) is 7. The molecule has 0 aromatic heterocycles. The van der Waals surface area contributed by atoms with Crippen LogP contribution in [-0.2, 0) is 0 Å². The average Bonchev–Trinajstić information content (AvgIpc) is 2.86. The van der Waals surface area contributed by atoms with E-state index < -0.39 is 0 Å². The third-order valence-electron chi connectivity index (χ3n) is 5.13. The van der Waals surface area contributed by atoms with Gasteiger partial charge in [-0.15, -0.1) is 0 Å². The molecule has 0 saturated heterocycles. The molecule has 0 radical (unpaired) electrons. The molecule has 0 unspecified atom stereocenters. The van der Waals surface area contributed by atoms with Crippen molar-refractivity contribution in [3.8, 4) is 23.0 Å². The number of nitrogen functional groups attached to an aromatic ring is 1. The number of carbonyl (C=O) groups is 1. The third-order valence-corrected chi connectivity index (χ3v) is 5.13. The van der Waals surface area contributed by atoms with Crippen molar-refractivity contribution in [2.24, 2.45) is 4.99 Å². The van der Waals surface area contributed by atoms with E-state index in [1.54, 1.807) is 58.9 Å². The fourth-order valence-electron chi connectivity index (χ4n) is 3.39. The lowest BCUT2D eigenvalue weighted by atomic mass is 10.1. The van der Waals surface area contributed by atoms with Gasteiger partial charge < -0.3 is 24.7 Å². The van der Waals surface area contributed by atoms with Gasteiger partial charge in [-0.1, -0.05) is 30.4 Å². The molecule has 0 amide bonds. The van der Waals surface area contributed by atoms with Crippen LogP contribution in [0.15, 0.2) is 59.6 Å². The molecule has 7 nitrogen and oxygen atoms in total. The summed E-state index contributed by atoms with van der Waals surface area (Å²) in [4.78, 5) is 16.9. The van der Waals surface area contributed by atoms with Gasteiger partial charge in [0.2, 0.25) is 5.75 Å². The quantitative estimate of drug-likeness (QED) is 0.187. The third kappa shape index (κ3) is 5.75. The summed E-state index contributed by atoms with van der Waals surface area (Å²) in [5.74, 6) is 2.19. The second-order valence-corrected chi connectivity index (χ2v) is 7.25. The molecule has 0 aliphatic heterocycles. The van der Waals surface area contributed by atoms with E-state index in [-0.39, 0.29) is 12.2 Å². The monoisotopic (exact) mass is 460 g/mol. The van der Waals surface area contributed by atoms with Gasteiger partial charge >= 0.3 is 0 Å². The van der Waals surface area contributed by atoms with Crippen LogP contribution in [0.2, 0.25) is 0 Å². The zero-order valence-corrected chi connectivity index (χ0v) is 19.7. The van der Waals surface area contributed by atoms with Gasteiger partial charge in [-0.3, -0.25) is 9.79 Å². The highest BCUT2D eigenvalue weighted by molar-refractivity contribution is 6.07. The molecule has 0 bridgehead atoms. The molecule has 0 fully saturated rings. The Balaban J connectivity index is 1.81. The van der Waals surface area contributed by atoms with Crippen LogP contribution >= 0.6 is 0 Å². The summed E-state index contributed by atoms with van der Waals surface area (Å²) < 4.78 is 21.6. The lowest BCUT2D eigenvalue weighted by Crippen LogP contribution is -2.03. The van der Waals surface area contributed by atoms with E-state index in [9.17, 15) is 4.79 Å². The number of para-hydroxylation sites is 1. The molecular weight excluding hydrogens is 432 g/mol. The van der Waals surface area contributed by atoms with Gasteiger partial charge in [-0.25, -0.2) is 0 Å². The highest BCUT2D eigenvalue weighted by Crippen LogP contribution is 2.38. The molecule has 0 heterocycles. The molecule has 0 atom stereocenters. The van der Waals surface area contributed by atoms with E-state index in [1.807, 2.05) is 42.5 Å².